The fraction of sp³-hybridized carbons (Fsp3) is 0.500. The maximum absolute atomic E-state index is 12.9. The molecular formula is C32H42NO12+. The summed E-state index contributed by atoms with van der Waals surface area (Å²) in [4.78, 5) is 46.4. The van der Waals surface area contributed by atoms with Crippen molar-refractivity contribution in [3.8, 4) is 17.2 Å². The first-order chi connectivity index (χ1) is 21.5. The number of carbonyl (C=O) groups is 4. The van der Waals surface area contributed by atoms with Crippen LogP contribution in [-0.2, 0) is 14.4 Å². The van der Waals surface area contributed by atoms with Crippen molar-refractivity contribution in [1.82, 2.24) is 0 Å². The minimum atomic E-state index is -2.27. The maximum atomic E-state index is 12.9. The minimum Gasteiger partial charge on any atom is -0.497 e. The third kappa shape index (κ3) is 10.8. The Morgan fingerprint density at radius 1 is 0.844 bits per heavy atom. The molecule has 45 heavy (non-hydrogen) atoms. The lowest BCUT2D eigenvalue weighted by atomic mass is 9.89. The van der Waals surface area contributed by atoms with E-state index in [9.17, 15) is 24.3 Å². The summed E-state index contributed by atoms with van der Waals surface area (Å²) >= 11 is 0. The highest BCUT2D eigenvalue weighted by molar-refractivity contribution is 5.96. The first-order valence-electron chi connectivity index (χ1n) is 14.9. The number of aliphatic hydroxyl groups is 3. The van der Waals surface area contributed by atoms with Crippen molar-refractivity contribution >= 4 is 23.5 Å². The fourth-order valence-corrected chi connectivity index (χ4v) is 5.29. The Morgan fingerprint density at radius 2 is 1.44 bits per heavy atom. The Labute approximate surface area is 260 Å². The van der Waals surface area contributed by atoms with Crippen molar-refractivity contribution in [1.29, 1.82) is 0 Å². The number of nitrogens with one attached hydrogen (secondary N) is 1. The third-order valence-electron chi connectivity index (χ3n) is 7.78. The van der Waals surface area contributed by atoms with Crippen molar-refractivity contribution < 1.29 is 63.8 Å². The molecule has 2 aromatic carbocycles. The van der Waals surface area contributed by atoms with Gasteiger partial charge in [0, 0.05) is 43.6 Å². The fourth-order valence-electron chi connectivity index (χ4n) is 5.29. The Hall–Kier alpha value is -4.04. The summed E-state index contributed by atoms with van der Waals surface area (Å²) < 4.78 is 16.4. The number of carboxylic acid groups (broad SMARTS) is 2. The molecule has 1 saturated heterocycles. The first-order valence-corrected chi connectivity index (χ1v) is 14.9. The van der Waals surface area contributed by atoms with Crippen LogP contribution in [0.25, 0.3) is 0 Å². The van der Waals surface area contributed by atoms with Gasteiger partial charge >= 0.3 is 11.9 Å². The summed E-state index contributed by atoms with van der Waals surface area (Å²) in [5.74, 6) is -1.57. The van der Waals surface area contributed by atoms with Gasteiger partial charge in [-0.2, -0.15) is 0 Å². The van der Waals surface area contributed by atoms with E-state index in [4.69, 9.17) is 34.6 Å². The molecular weight excluding hydrogens is 590 g/mol. The molecule has 4 atom stereocenters. The van der Waals surface area contributed by atoms with Crippen LogP contribution in [0.2, 0.25) is 0 Å². The molecule has 0 spiro atoms. The van der Waals surface area contributed by atoms with Crippen molar-refractivity contribution in [2.24, 2.45) is 5.92 Å². The molecule has 2 aromatic rings. The summed E-state index contributed by atoms with van der Waals surface area (Å²) in [6, 6.07) is 12.6. The van der Waals surface area contributed by atoms with E-state index in [-0.39, 0.29) is 17.5 Å². The van der Waals surface area contributed by atoms with Crippen LogP contribution in [0.3, 0.4) is 0 Å². The SMILES string of the molecule is COc1ccc(C(=O)CCCC(=O)C[C@H](C[NH+]2CCCC2)[C@H](O)c2ccc3c(c2)OCCO3)cc1.O=C(O)[C@@H](O)[C@H](O)C(=O)O. The number of methoxy groups -OCH3 is 1. The second-order valence-electron chi connectivity index (χ2n) is 11.1. The van der Waals surface area contributed by atoms with Gasteiger partial charge in [0.1, 0.15) is 24.7 Å². The van der Waals surface area contributed by atoms with Crippen LogP contribution in [0.4, 0.5) is 0 Å². The van der Waals surface area contributed by atoms with Gasteiger partial charge in [0.15, 0.2) is 29.5 Å². The molecule has 4 rings (SSSR count). The Morgan fingerprint density at radius 3 is 2.02 bits per heavy atom. The number of ether oxygens (including phenoxy) is 3. The van der Waals surface area contributed by atoms with Gasteiger partial charge in [-0.3, -0.25) is 9.59 Å². The molecule has 0 radical (unpaired) electrons. The maximum Gasteiger partial charge on any atom is 0.335 e. The number of Topliss-reactive ketones (excluding diaryl/α,β-unsaturated/α-hetero) is 2. The number of hydrogen-bond acceptors (Lipinski definition) is 10. The van der Waals surface area contributed by atoms with Gasteiger partial charge in [0.25, 0.3) is 0 Å². The molecule has 2 aliphatic heterocycles. The predicted octanol–water partition coefficient (Wildman–Crippen LogP) is 0.685. The number of hydrogen-bond donors (Lipinski definition) is 6. The van der Waals surface area contributed by atoms with Crippen molar-refractivity contribution in [3.05, 3.63) is 53.6 Å². The van der Waals surface area contributed by atoms with E-state index in [1.165, 1.54) is 17.7 Å². The average Bonchev–Trinajstić information content (AvgIpc) is 3.56. The van der Waals surface area contributed by atoms with Crippen LogP contribution in [-0.4, -0.2) is 101 Å². The van der Waals surface area contributed by atoms with Crippen molar-refractivity contribution in [2.75, 3.05) is 40.0 Å². The van der Waals surface area contributed by atoms with Crippen molar-refractivity contribution in [2.45, 2.75) is 56.8 Å². The van der Waals surface area contributed by atoms with E-state index < -0.39 is 30.3 Å². The number of ketones is 2. The quantitative estimate of drug-likeness (QED) is 0.150. The summed E-state index contributed by atoms with van der Waals surface area (Å²) in [6.07, 6.45) is -1.46. The topological polar surface area (TPSA) is 202 Å². The first kappa shape index (κ1) is 35.4. The second kappa shape index (κ2) is 17.4. The third-order valence-corrected chi connectivity index (χ3v) is 7.78. The number of carbonyl (C=O) groups excluding carboxylic acids is 2. The molecule has 6 N–H and O–H groups in total. The molecule has 2 aliphatic rings. The molecule has 0 bridgehead atoms. The van der Waals surface area contributed by atoms with Crippen LogP contribution < -0.4 is 19.1 Å². The van der Waals surface area contributed by atoms with E-state index in [1.807, 2.05) is 18.2 Å². The van der Waals surface area contributed by atoms with Gasteiger partial charge in [-0.25, -0.2) is 9.59 Å². The number of likely N-dealkylation sites (tertiary alicyclic amines) is 1. The van der Waals surface area contributed by atoms with E-state index in [0.717, 1.165) is 25.2 Å². The lowest BCUT2D eigenvalue weighted by molar-refractivity contribution is -0.891. The van der Waals surface area contributed by atoms with Crippen LogP contribution in [0, 0.1) is 5.92 Å². The van der Waals surface area contributed by atoms with Gasteiger partial charge in [0.05, 0.1) is 32.8 Å². The Kier molecular flexibility index (Phi) is 13.7. The zero-order valence-corrected chi connectivity index (χ0v) is 25.2. The molecule has 0 aliphatic carbocycles. The van der Waals surface area contributed by atoms with Gasteiger partial charge in [-0.1, -0.05) is 6.07 Å². The molecule has 1 fully saturated rings. The molecule has 2 heterocycles. The average molecular weight is 633 g/mol. The van der Waals surface area contributed by atoms with E-state index in [1.54, 1.807) is 31.4 Å². The van der Waals surface area contributed by atoms with Gasteiger partial charge in [-0.05, 0) is 48.4 Å². The van der Waals surface area contributed by atoms with Crippen molar-refractivity contribution in [3.63, 3.8) is 0 Å². The monoisotopic (exact) mass is 632 g/mol. The molecule has 0 aromatic heterocycles. The summed E-state index contributed by atoms with van der Waals surface area (Å²) in [7, 11) is 1.59. The zero-order valence-electron chi connectivity index (χ0n) is 25.2. The highest BCUT2D eigenvalue weighted by atomic mass is 16.6. The van der Waals surface area contributed by atoms with Gasteiger partial charge in [-0.15, -0.1) is 0 Å². The molecule has 13 nitrogen and oxygen atoms in total. The smallest absolute Gasteiger partial charge is 0.335 e. The molecule has 0 saturated carbocycles. The normalized spacial score (nSPS) is 16.8. The van der Waals surface area contributed by atoms with E-state index in [2.05, 4.69) is 0 Å². The molecule has 0 amide bonds. The number of aliphatic hydroxyl groups excluding tert-OH is 3. The number of fused-ring (bicyclic) bond motifs is 1. The van der Waals surface area contributed by atoms with Gasteiger partial charge in [0.2, 0.25) is 0 Å². The number of rotatable bonds is 15. The molecule has 246 valence electrons. The summed E-state index contributed by atoms with van der Waals surface area (Å²) in [5, 5.41) is 43.8. The van der Waals surface area contributed by atoms with Crippen LogP contribution in [0.15, 0.2) is 42.5 Å². The second-order valence-corrected chi connectivity index (χ2v) is 11.1. The summed E-state index contributed by atoms with van der Waals surface area (Å²) in [6.45, 7) is 3.92. The predicted molar refractivity (Wildman–Crippen MR) is 159 cm³/mol. The summed E-state index contributed by atoms with van der Waals surface area (Å²) in [5.41, 5.74) is 1.38. The minimum absolute atomic E-state index is 0.0230. The van der Waals surface area contributed by atoms with Crippen LogP contribution in [0.5, 0.6) is 17.2 Å². The number of aliphatic carboxylic acids is 2. The van der Waals surface area contributed by atoms with Crippen LogP contribution >= 0.6 is 0 Å². The van der Waals surface area contributed by atoms with Crippen LogP contribution in [0.1, 0.15) is 60.6 Å². The standard InChI is InChI=1S/C28H35NO6.C4H6O6/c1-33-24-10-7-20(8-11-24)25(31)6-4-5-23(30)17-22(19-29-13-2-3-14-29)28(32)21-9-12-26-27(18-21)35-16-15-34-26;5-1(3(7)8)2(6)4(9)10/h7-12,18,22,28,32H,2-6,13-17,19H2,1H3;1-2,5-6H,(H,7,8)(H,9,10)/p+1/t22-,28-;1-,2-/m10/s1. The lowest BCUT2D eigenvalue weighted by Crippen LogP contribution is -3.10. The van der Waals surface area contributed by atoms with E-state index >= 15 is 0 Å². The zero-order chi connectivity index (χ0) is 32.9. The van der Waals surface area contributed by atoms with E-state index in [0.29, 0.717) is 61.7 Å². The van der Waals surface area contributed by atoms with Gasteiger partial charge < -0.3 is 44.6 Å². The lowest BCUT2D eigenvalue weighted by Gasteiger charge is -2.26. The Balaban J connectivity index is 0.000000477. The Bertz CT molecular complexity index is 1270. The largest absolute Gasteiger partial charge is 0.497 e. The number of benzene rings is 2. The highest BCUT2D eigenvalue weighted by Crippen LogP contribution is 2.35. The highest BCUT2D eigenvalue weighted by Gasteiger charge is 2.31. The number of quaternary nitrogens is 1. The molecule has 13 heteroatoms. The number of carboxylic acids is 2. The molecule has 0 unspecified atom stereocenters.